The highest BCUT2D eigenvalue weighted by atomic mass is 19.1. The van der Waals surface area contributed by atoms with Gasteiger partial charge in [0.05, 0.1) is 6.10 Å². The number of halogens is 1. The zero-order chi connectivity index (χ0) is 13.7. The van der Waals surface area contributed by atoms with E-state index in [4.69, 9.17) is 0 Å². The third kappa shape index (κ3) is 3.77. The Hall–Kier alpha value is -1.91. The van der Waals surface area contributed by atoms with Crippen molar-refractivity contribution in [3.05, 3.63) is 65.5 Å². The largest absolute Gasteiger partial charge is 0.508 e. The second-order valence-corrected chi connectivity index (χ2v) is 4.33. The summed E-state index contributed by atoms with van der Waals surface area (Å²) >= 11 is 0. The molecule has 3 nitrogen and oxygen atoms in total. The predicted octanol–water partition coefficient (Wildman–Crippen LogP) is 2.35. The number of benzene rings is 2. The SMILES string of the molecule is Oc1ccccc1CNCC(O)c1ccc(F)cc1. The topological polar surface area (TPSA) is 52.5 Å². The van der Waals surface area contributed by atoms with Crippen LogP contribution in [0, 0.1) is 5.82 Å². The number of phenolic OH excluding ortho intramolecular Hbond substituents is 1. The monoisotopic (exact) mass is 261 g/mol. The number of hydrogen-bond donors (Lipinski definition) is 3. The summed E-state index contributed by atoms with van der Waals surface area (Å²) in [6, 6.07) is 12.8. The van der Waals surface area contributed by atoms with Crippen LogP contribution in [0.5, 0.6) is 5.75 Å². The maximum atomic E-state index is 12.7. The van der Waals surface area contributed by atoms with Crippen molar-refractivity contribution >= 4 is 0 Å². The Morgan fingerprint density at radius 1 is 1.05 bits per heavy atom. The normalized spacial score (nSPS) is 12.3. The molecular formula is C15H16FNO2. The summed E-state index contributed by atoms with van der Waals surface area (Å²) in [5.74, 6) is -0.0932. The van der Waals surface area contributed by atoms with Crippen LogP contribution in [0.15, 0.2) is 48.5 Å². The average molecular weight is 261 g/mol. The molecule has 0 fully saturated rings. The third-order valence-corrected chi connectivity index (χ3v) is 2.90. The molecule has 3 N–H and O–H groups in total. The van der Waals surface area contributed by atoms with E-state index in [1.165, 1.54) is 12.1 Å². The lowest BCUT2D eigenvalue weighted by atomic mass is 10.1. The van der Waals surface area contributed by atoms with Gasteiger partial charge in [0.2, 0.25) is 0 Å². The van der Waals surface area contributed by atoms with Crippen molar-refractivity contribution < 1.29 is 14.6 Å². The Bertz CT molecular complexity index is 528. The lowest BCUT2D eigenvalue weighted by molar-refractivity contribution is 0.174. The van der Waals surface area contributed by atoms with Gasteiger partial charge in [-0.15, -0.1) is 0 Å². The quantitative estimate of drug-likeness (QED) is 0.774. The second kappa shape index (κ2) is 6.31. The molecule has 1 unspecified atom stereocenters. The van der Waals surface area contributed by atoms with E-state index in [0.29, 0.717) is 18.7 Å². The number of aliphatic hydroxyl groups is 1. The number of aliphatic hydroxyl groups excluding tert-OH is 1. The van der Waals surface area contributed by atoms with Crippen LogP contribution in [0.1, 0.15) is 17.2 Å². The van der Waals surface area contributed by atoms with Crippen molar-refractivity contribution in [1.82, 2.24) is 5.32 Å². The molecule has 19 heavy (non-hydrogen) atoms. The molecule has 100 valence electrons. The van der Waals surface area contributed by atoms with E-state index < -0.39 is 6.10 Å². The maximum absolute atomic E-state index is 12.7. The molecule has 0 aliphatic rings. The van der Waals surface area contributed by atoms with Gasteiger partial charge < -0.3 is 15.5 Å². The van der Waals surface area contributed by atoms with Crippen LogP contribution in [-0.2, 0) is 6.54 Å². The fraction of sp³-hybridized carbons (Fsp3) is 0.200. The van der Waals surface area contributed by atoms with Crippen LogP contribution < -0.4 is 5.32 Å². The molecule has 2 aromatic carbocycles. The summed E-state index contributed by atoms with van der Waals surface area (Å²) in [5.41, 5.74) is 1.43. The highest BCUT2D eigenvalue weighted by Crippen LogP contribution is 2.16. The molecule has 2 aromatic rings. The molecule has 0 spiro atoms. The Labute approximate surface area is 111 Å². The smallest absolute Gasteiger partial charge is 0.123 e. The molecule has 0 aliphatic heterocycles. The zero-order valence-electron chi connectivity index (χ0n) is 10.4. The number of phenols is 1. The van der Waals surface area contributed by atoms with E-state index in [2.05, 4.69) is 5.32 Å². The Morgan fingerprint density at radius 2 is 1.74 bits per heavy atom. The highest BCUT2D eigenvalue weighted by Gasteiger charge is 2.07. The zero-order valence-corrected chi connectivity index (χ0v) is 10.4. The molecular weight excluding hydrogens is 245 g/mol. The Balaban J connectivity index is 1.86. The van der Waals surface area contributed by atoms with Gasteiger partial charge in [-0.2, -0.15) is 0 Å². The van der Waals surface area contributed by atoms with Crippen LogP contribution in [0.25, 0.3) is 0 Å². The van der Waals surface area contributed by atoms with Gasteiger partial charge in [-0.1, -0.05) is 30.3 Å². The van der Waals surface area contributed by atoms with Crippen molar-refractivity contribution in [2.24, 2.45) is 0 Å². The van der Waals surface area contributed by atoms with Crippen molar-refractivity contribution in [2.45, 2.75) is 12.6 Å². The van der Waals surface area contributed by atoms with Crippen LogP contribution in [-0.4, -0.2) is 16.8 Å². The minimum absolute atomic E-state index is 0.228. The first-order valence-electron chi connectivity index (χ1n) is 6.08. The lowest BCUT2D eigenvalue weighted by Crippen LogP contribution is -2.21. The van der Waals surface area contributed by atoms with Crippen molar-refractivity contribution in [3.8, 4) is 5.75 Å². The lowest BCUT2D eigenvalue weighted by Gasteiger charge is -2.12. The van der Waals surface area contributed by atoms with Crippen LogP contribution in [0.3, 0.4) is 0 Å². The fourth-order valence-electron chi connectivity index (χ4n) is 1.81. The van der Waals surface area contributed by atoms with Crippen LogP contribution in [0.4, 0.5) is 4.39 Å². The minimum atomic E-state index is -0.702. The third-order valence-electron chi connectivity index (χ3n) is 2.90. The predicted molar refractivity (Wildman–Crippen MR) is 71.2 cm³/mol. The maximum Gasteiger partial charge on any atom is 0.123 e. The first-order chi connectivity index (χ1) is 9.16. The molecule has 0 saturated carbocycles. The van der Waals surface area contributed by atoms with Crippen molar-refractivity contribution in [3.63, 3.8) is 0 Å². The van der Waals surface area contributed by atoms with Gasteiger partial charge in [0.15, 0.2) is 0 Å². The molecule has 0 amide bonds. The summed E-state index contributed by atoms with van der Waals surface area (Å²) in [6.45, 7) is 0.797. The molecule has 0 bridgehead atoms. The second-order valence-electron chi connectivity index (χ2n) is 4.33. The summed E-state index contributed by atoms with van der Waals surface area (Å²) < 4.78 is 12.7. The van der Waals surface area contributed by atoms with Gasteiger partial charge in [0, 0.05) is 18.7 Å². The van der Waals surface area contributed by atoms with E-state index >= 15 is 0 Å². The first kappa shape index (κ1) is 13.5. The van der Waals surface area contributed by atoms with Crippen molar-refractivity contribution in [1.29, 1.82) is 0 Å². The Morgan fingerprint density at radius 3 is 2.42 bits per heavy atom. The molecule has 1 atom stereocenters. The van der Waals surface area contributed by atoms with Gasteiger partial charge in [-0.05, 0) is 23.8 Å². The minimum Gasteiger partial charge on any atom is -0.508 e. The summed E-state index contributed by atoms with van der Waals surface area (Å²) in [4.78, 5) is 0. The highest BCUT2D eigenvalue weighted by molar-refractivity contribution is 5.31. The number of nitrogens with one attached hydrogen (secondary N) is 1. The Kier molecular flexibility index (Phi) is 4.49. The molecule has 0 aliphatic carbocycles. The molecule has 0 heterocycles. The van der Waals surface area contributed by atoms with Crippen LogP contribution >= 0.6 is 0 Å². The van der Waals surface area contributed by atoms with Gasteiger partial charge in [-0.3, -0.25) is 0 Å². The summed E-state index contributed by atoms with van der Waals surface area (Å²) in [6.07, 6.45) is -0.702. The standard InChI is InChI=1S/C15H16FNO2/c16-13-7-5-11(6-8-13)15(19)10-17-9-12-3-1-2-4-14(12)18/h1-8,15,17-19H,9-10H2. The van der Waals surface area contributed by atoms with Gasteiger partial charge in [-0.25, -0.2) is 4.39 Å². The van der Waals surface area contributed by atoms with E-state index in [1.807, 2.05) is 12.1 Å². The van der Waals surface area contributed by atoms with E-state index in [0.717, 1.165) is 5.56 Å². The van der Waals surface area contributed by atoms with Gasteiger partial charge in [0.1, 0.15) is 11.6 Å². The van der Waals surface area contributed by atoms with E-state index in [9.17, 15) is 14.6 Å². The number of para-hydroxylation sites is 1. The molecule has 0 radical (unpaired) electrons. The number of rotatable bonds is 5. The average Bonchev–Trinajstić information content (AvgIpc) is 2.41. The first-order valence-corrected chi connectivity index (χ1v) is 6.08. The van der Waals surface area contributed by atoms with E-state index in [1.54, 1.807) is 24.3 Å². The van der Waals surface area contributed by atoms with Crippen LogP contribution in [0.2, 0.25) is 0 Å². The summed E-state index contributed by atoms with van der Waals surface area (Å²) in [7, 11) is 0. The number of aromatic hydroxyl groups is 1. The molecule has 0 aromatic heterocycles. The van der Waals surface area contributed by atoms with E-state index in [-0.39, 0.29) is 11.6 Å². The summed E-state index contributed by atoms with van der Waals surface area (Å²) in [5, 5.41) is 22.5. The molecule has 0 saturated heterocycles. The molecule has 2 rings (SSSR count). The van der Waals surface area contributed by atoms with Crippen molar-refractivity contribution in [2.75, 3.05) is 6.54 Å². The fourth-order valence-corrected chi connectivity index (χ4v) is 1.81. The number of hydrogen-bond acceptors (Lipinski definition) is 3. The van der Waals surface area contributed by atoms with Gasteiger partial charge >= 0.3 is 0 Å². The molecule has 4 heteroatoms. The van der Waals surface area contributed by atoms with Gasteiger partial charge in [0.25, 0.3) is 0 Å².